The summed E-state index contributed by atoms with van der Waals surface area (Å²) in [6.45, 7) is 0. The van der Waals surface area contributed by atoms with Gasteiger partial charge >= 0.3 is 0 Å². The van der Waals surface area contributed by atoms with Gasteiger partial charge in [-0.25, -0.2) is 0 Å². The summed E-state index contributed by atoms with van der Waals surface area (Å²) in [5.41, 5.74) is 9.88. The molecule has 5 aliphatic rings. The molecule has 0 fully saturated rings. The SMILES string of the molecule is ClC1=CCC2C(=C1)C1(C3=C(C=CC4C=CC=CC34)c3ccccc31)c1ccc3ccccc3c12. The standard InChI is InChI=1S/C33H23Cl/c34-22-15-17-27-30(19-22)33(29-18-14-20-7-1-3-9-23(20)31(27)29)28-12-6-5-11-25(28)26-16-13-21-8-2-4-10-24(21)32(26)33/h1-16,18-19,21,24,27H,17H2. The highest BCUT2D eigenvalue weighted by Gasteiger charge is 2.58. The van der Waals surface area contributed by atoms with E-state index in [1.807, 2.05) is 0 Å². The summed E-state index contributed by atoms with van der Waals surface area (Å²) in [5, 5.41) is 3.57. The third-order valence-corrected chi connectivity index (χ3v) is 8.95. The maximum Gasteiger partial charge on any atom is 0.0655 e. The van der Waals surface area contributed by atoms with Gasteiger partial charge in [-0.05, 0) is 62.2 Å². The Kier molecular flexibility index (Phi) is 3.70. The van der Waals surface area contributed by atoms with Crippen LogP contribution in [-0.2, 0) is 5.41 Å². The predicted molar refractivity (Wildman–Crippen MR) is 142 cm³/mol. The van der Waals surface area contributed by atoms with Crippen molar-refractivity contribution in [2.75, 3.05) is 0 Å². The molecule has 3 aromatic carbocycles. The van der Waals surface area contributed by atoms with E-state index < -0.39 is 0 Å². The van der Waals surface area contributed by atoms with Crippen molar-refractivity contribution in [1.29, 1.82) is 0 Å². The van der Waals surface area contributed by atoms with E-state index in [2.05, 4.69) is 109 Å². The van der Waals surface area contributed by atoms with Crippen molar-refractivity contribution in [3.05, 3.63) is 148 Å². The van der Waals surface area contributed by atoms with E-state index in [4.69, 9.17) is 11.6 Å². The van der Waals surface area contributed by atoms with Gasteiger partial charge in [-0.15, -0.1) is 0 Å². The first-order valence-electron chi connectivity index (χ1n) is 12.3. The molecule has 0 aromatic heterocycles. The number of benzene rings is 3. The number of rotatable bonds is 0. The monoisotopic (exact) mass is 454 g/mol. The summed E-state index contributed by atoms with van der Waals surface area (Å²) in [5.74, 6) is 1.09. The van der Waals surface area contributed by atoms with Gasteiger partial charge in [0.15, 0.2) is 0 Å². The molecule has 4 atom stereocenters. The molecule has 162 valence electrons. The van der Waals surface area contributed by atoms with Gasteiger partial charge in [-0.2, -0.15) is 0 Å². The smallest absolute Gasteiger partial charge is 0.0655 e. The molecule has 8 rings (SSSR count). The highest BCUT2D eigenvalue weighted by atomic mass is 35.5. The Labute approximate surface area is 205 Å². The van der Waals surface area contributed by atoms with Crippen LogP contribution in [0.15, 0.2) is 125 Å². The van der Waals surface area contributed by atoms with Crippen LogP contribution < -0.4 is 0 Å². The summed E-state index contributed by atoms with van der Waals surface area (Å²) in [6, 6.07) is 22.7. The van der Waals surface area contributed by atoms with Crippen LogP contribution in [0.5, 0.6) is 0 Å². The Hall–Kier alpha value is -3.35. The molecule has 0 heterocycles. The second kappa shape index (κ2) is 6.62. The van der Waals surface area contributed by atoms with E-state index in [9.17, 15) is 0 Å². The Morgan fingerprint density at radius 1 is 0.824 bits per heavy atom. The molecule has 0 N–H and O–H groups in total. The second-order valence-corrected chi connectivity index (χ2v) is 10.5. The van der Waals surface area contributed by atoms with Gasteiger partial charge < -0.3 is 0 Å². The average Bonchev–Trinajstić information content (AvgIpc) is 3.35. The largest absolute Gasteiger partial charge is 0.0847 e. The summed E-state index contributed by atoms with van der Waals surface area (Å²) >= 11 is 6.78. The molecular formula is C33H23Cl. The molecule has 4 unspecified atom stereocenters. The van der Waals surface area contributed by atoms with E-state index in [0.29, 0.717) is 17.8 Å². The van der Waals surface area contributed by atoms with Crippen molar-refractivity contribution in [1.82, 2.24) is 0 Å². The molecule has 1 spiro atoms. The van der Waals surface area contributed by atoms with Gasteiger partial charge in [0.05, 0.1) is 5.41 Å². The van der Waals surface area contributed by atoms with E-state index in [0.717, 1.165) is 11.5 Å². The molecule has 5 aliphatic carbocycles. The first-order chi connectivity index (χ1) is 16.8. The van der Waals surface area contributed by atoms with Crippen molar-refractivity contribution in [3.63, 3.8) is 0 Å². The van der Waals surface area contributed by atoms with Gasteiger partial charge in [-0.1, -0.05) is 115 Å². The second-order valence-electron chi connectivity index (χ2n) is 10.1. The minimum Gasteiger partial charge on any atom is -0.0847 e. The Morgan fingerprint density at radius 2 is 1.68 bits per heavy atom. The molecule has 0 saturated heterocycles. The van der Waals surface area contributed by atoms with Crippen LogP contribution >= 0.6 is 11.6 Å². The third-order valence-electron chi connectivity index (χ3n) is 8.68. The predicted octanol–water partition coefficient (Wildman–Crippen LogP) is 8.37. The first-order valence-corrected chi connectivity index (χ1v) is 12.6. The fourth-order valence-electron chi connectivity index (χ4n) is 7.51. The number of allylic oxidation sites excluding steroid dienone is 12. The van der Waals surface area contributed by atoms with Crippen LogP contribution in [-0.4, -0.2) is 0 Å². The van der Waals surface area contributed by atoms with Crippen LogP contribution in [0.1, 0.15) is 34.6 Å². The Bertz CT molecular complexity index is 1600. The van der Waals surface area contributed by atoms with Gasteiger partial charge in [0, 0.05) is 22.8 Å². The lowest BCUT2D eigenvalue weighted by atomic mass is 9.61. The van der Waals surface area contributed by atoms with E-state index in [1.165, 1.54) is 44.2 Å². The van der Waals surface area contributed by atoms with Gasteiger partial charge in [0.1, 0.15) is 0 Å². The molecule has 0 radical (unpaired) electrons. The highest BCUT2D eigenvalue weighted by Crippen LogP contribution is 2.68. The zero-order valence-electron chi connectivity index (χ0n) is 18.7. The van der Waals surface area contributed by atoms with Crippen LogP contribution in [0.25, 0.3) is 16.3 Å². The zero-order valence-corrected chi connectivity index (χ0v) is 19.5. The quantitative estimate of drug-likeness (QED) is 0.320. The topological polar surface area (TPSA) is 0 Å². The lowest BCUT2D eigenvalue weighted by Gasteiger charge is -2.40. The van der Waals surface area contributed by atoms with Crippen molar-refractivity contribution in [2.45, 2.75) is 17.8 Å². The van der Waals surface area contributed by atoms with Crippen LogP contribution in [0.4, 0.5) is 0 Å². The molecule has 0 saturated carbocycles. The highest BCUT2D eigenvalue weighted by molar-refractivity contribution is 6.31. The fourth-order valence-corrected chi connectivity index (χ4v) is 7.72. The van der Waals surface area contributed by atoms with Crippen LogP contribution in [0.2, 0.25) is 0 Å². The van der Waals surface area contributed by atoms with Crippen LogP contribution in [0.3, 0.4) is 0 Å². The van der Waals surface area contributed by atoms with E-state index in [1.54, 1.807) is 5.57 Å². The lowest BCUT2D eigenvalue weighted by Crippen LogP contribution is -2.34. The van der Waals surface area contributed by atoms with E-state index >= 15 is 0 Å². The van der Waals surface area contributed by atoms with Crippen LogP contribution in [0, 0.1) is 11.8 Å². The van der Waals surface area contributed by atoms with Crippen molar-refractivity contribution in [2.24, 2.45) is 11.8 Å². The number of hydrogen-bond donors (Lipinski definition) is 0. The van der Waals surface area contributed by atoms with Gasteiger partial charge in [0.2, 0.25) is 0 Å². The molecule has 3 aromatic rings. The lowest BCUT2D eigenvalue weighted by molar-refractivity contribution is 0.546. The number of hydrogen-bond acceptors (Lipinski definition) is 0. The molecule has 0 nitrogen and oxygen atoms in total. The summed E-state index contributed by atoms with van der Waals surface area (Å²) in [4.78, 5) is 0. The third kappa shape index (κ3) is 2.16. The van der Waals surface area contributed by atoms with Crippen molar-refractivity contribution in [3.8, 4) is 0 Å². The molecular weight excluding hydrogens is 432 g/mol. The summed E-state index contributed by atoms with van der Waals surface area (Å²) < 4.78 is 0. The first kappa shape index (κ1) is 19.0. The van der Waals surface area contributed by atoms with Gasteiger partial charge in [-0.3, -0.25) is 0 Å². The van der Waals surface area contributed by atoms with E-state index in [-0.39, 0.29) is 5.41 Å². The molecule has 1 heteroatoms. The molecule has 0 amide bonds. The minimum atomic E-state index is -0.270. The number of fused-ring (bicyclic) bond motifs is 13. The van der Waals surface area contributed by atoms with Gasteiger partial charge in [0.25, 0.3) is 0 Å². The normalized spacial score (nSPS) is 29.5. The maximum atomic E-state index is 6.78. The average molecular weight is 455 g/mol. The van der Waals surface area contributed by atoms with Crippen molar-refractivity contribution < 1.29 is 0 Å². The van der Waals surface area contributed by atoms with Crippen molar-refractivity contribution >= 4 is 27.9 Å². The Morgan fingerprint density at radius 3 is 2.65 bits per heavy atom. The summed E-state index contributed by atoms with van der Waals surface area (Å²) in [6.07, 6.45) is 19.5. The molecule has 34 heavy (non-hydrogen) atoms. The summed E-state index contributed by atoms with van der Waals surface area (Å²) in [7, 11) is 0. The maximum absolute atomic E-state index is 6.78. The Balaban J connectivity index is 1.56. The molecule has 0 bridgehead atoms. The minimum absolute atomic E-state index is 0.270. The number of halogens is 1. The fraction of sp³-hybridized carbons (Fsp3) is 0.152. The zero-order chi connectivity index (χ0) is 22.4. The molecule has 0 aliphatic heterocycles.